The number of nitrogens with one attached hydrogen (secondary N) is 2. The molecule has 2 aromatic carbocycles. The minimum absolute atomic E-state index is 0.0189. The van der Waals surface area contributed by atoms with E-state index in [0.29, 0.717) is 27.7 Å². The predicted octanol–water partition coefficient (Wildman–Crippen LogP) is 2.93. The molecule has 160 valence electrons. The van der Waals surface area contributed by atoms with Crippen LogP contribution in [0.2, 0.25) is 5.02 Å². The van der Waals surface area contributed by atoms with E-state index < -0.39 is 23.3 Å². The molecule has 3 heterocycles. The number of fused-ring (bicyclic) bond motifs is 4. The van der Waals surface area contributed by atoms with Crippen LogP contribution < -0.4 is 20.3 Å². The number of carbonyl (C=O) groups is 3. The summed E-state index contributed by atoms with van der Waals surface area (Å²) < 4.78 is 5.40. The molecule has 2 fully saturated rings. The summed E-state index contributed by atoms with van der Waals surface area (Å²) in [7, 11) is 1.47. The molecule has 7 nitrogen and oxygen atoms in total. The zero-order chi connectivity index (χ0) is 22.1. The molecule has 3 amide bonds. The third-order valence-corrected chi connectivity index (χ3v) is 6.89. The number of ether oxygens (including phenoxy) is 1. The Balaban J connectivity index is 1.71. The second-order valence-corrected chi connectivity index (χ2v) is 8.99. The standard InChI is InChI=1S/C23H22ClN3O4/c1-11(2)19-17-18(23(26-19)13-6-4-5-7-14(13)25-22(23)30)21(29)27(20(17)28)15-10-12(24)8-9-16(15)31-3/h4-11,17-19,26H,1-3H3,(H,25,30)/t17-,18-,19-,23-/m0/s1. The van der Waals surface area contributed by atoms with Gasteiger partial charge in [-0.15, -0.1) is 0 Å². The van der Waals surface area contributed by atoms with Gasteiger partial charge in [-0.05, 0) is 30.2 Å². The first-order chi connectivity index (χ1) is 14.8. The van der Waals surface area contributed by atoms with Gasteiger partial charge < -0.3 is 10.1 Å². The van der Waals surface area contributed by atoms with Gasteiger partial charge in [0, 0.05) is 22.3 Å². The van der Waals surface area contributed by atoms with Gasteiger partial charge >= 0.3 is 0 Å². The number of rotatable bonds is 3. The van der Waals surface area contributed by atoms with E-state index in [-0.39, 0.29) is 23.8 Å². The van der Waals surface area contributed by atoms with Crippen LogP contribution in [0.3, 0.4) is 0 Å². The molecule has 0 unspecified atom stereocenters. The van der Waals surface area contributed by atoms with E-state index in [2.05, 4.69) is 10.6 Å². The third kappa shape index (κ3) is 2.53. The lowest BCUT2D eigenvalue weighted by Crippen LogP contribution is -2.54. The van der Waals surface area contributed by atoms with Crippen molar-refractivity contribution >= 4 is 40.7 Å². The van der Waals surface area contributed by atoms with Crippen LogP contribution in [-0.2, 0) is 19.9 Å². The highest BCUT2D eigenvalue weighted by Crippen LogP contribution is 2.55. The monoisotopic (exact) mass is 439 g/mol. The molecule has 0 saturated carbocycles. The molecule has 1 spiro atoms. The fourth-order valence-electron chi connectivity index (χ4n) is 5.34. The molecule has 0 aromatic heterocycles. The number of halogens is 1. The Morgan fingerprint density at radius 1 is 1.10 bits per heavy atom. The second-order valence-electron chi connectivity index (χ2n) is 8.55. The molecule has 4 atom stereocenters. The number of methoxy groups -OCH3 is 1. The number of anilines is 2. The molecule has 2 aromatic rings. The van der Waals surface area contributed by atoms with Crippen LogP contribution in [0.25, 0.3) is 0 Å². The average molecular weight is 440 g/mol. The molecule has 2 N–H and O–H groups in total. The van der Waals surface area contributed by atoms with E-state index in [1.807, 2.05) is 32.0 Å². The average Bonchev–Trinajstić information content (AvgIpc) is 3.33. The van der Waals surface area contributed by atoms with Crippen molar-refractivity contribution in [1.82, 2.24) is 5.32 Å². The van der Waals surface area contributed by atoms with Crippen LogP contribution in [0.1, 0.15) is 19.4 Å². The highest BCUT2D eigenvalue weighted by atomic mass is 35.5. The molecule has 0 radical (unpaired) electrons. The van der Waals surface area contributed by atoms with Gasteiger partial charge in [0.05, 0.1) is 24.6 Å². The van der Waals surface area contributed by atoms with Crippen molar-refractivity contribution in [2.75, 3.05) is 17.3 Å². The first-order valence-electron chi connectivity index (χ1n) is 10.2. The molecule has 0 aliphatic carbocycles. The van der Waals surface area contributed by atoms with E-state index in [1.54, 1.807) is 24.3 Å². The number of hydrogen-bond donors (Lipinski definition) is 2. The Hall–Kier alpha value is -2.90. The van der Waals surface area contributed by atoms with Crippen LogP contribution in [0, 0.1) is 17.8 Å². The number of hydrogen-bond acceptors (Lipinski definition) is 5. The lowest BCUT2D eigenvalue weighted by Gasteiger charge is -2.30. The molecule has 5 rings (SSSR count). The summed E-state index contributed by atoms with van der Waals surface area (Å²) in [5.41, 5.74) is 0.342. The van der Waals surface area contributed by atoms with Gasteiger partial charge in [0.1, 0.15) is 11.3 Å². The summed E-state index contributed by atoms with van der Waals surface area (Å²) in [4.78, 5) is 42.0. The molecular weight excluding hydrogens is 418 g/mol. The van der Waals surface area contributed by atoms with Gasteiger partial charge in [-0.1, -0.05) is 43.6 Å². The molecule has 8 heteroatoms. The van der Waals surface area contributed by atoms with E-state index >= 15 is 0 Å². The smallest absolute Gasteiger partial charge is 0.250 e. The van der Waals surface area contributed by atoms with Gasteiger partial charge in [-0.25, -0.2) is 4.90 Å². The van der Waals surface area contributed by atoms with Crippen molar-refractivity contribution in [1.29, 1.82) is 0 Å². The third-order valence-electron chi connectivity index (χ3n) is 6.66. The summed E-state index contributed by atoms with van der Waals surface area (Å²) in [6, 6.07) is 11.8. The number of benzene rings is 2. The van der Waals surface area contributed by atoms with E-state index in [1.165, 1.54) is 7.11 Å². The lowest BCUT2D eigenvalue weighted by molar-refractivity contribution is -0.130. The van der Waals surface area contributed by atoms with Crippen LogP contribution in [-0.4, -0.2) is 30.9 Å². The summed E-state index contributed by atoms with van der Waals surface area (Å²) in [5.74, 6) is -2.27. The fourth-order valence-corrected chi connectivity index (χ4v) is 5.51. The number of carbonyl (C=O) groups excluding carboxylic acids is 3. The van der Waals surface area contributed by atoms with Crippen molar-refractivity contribution in [3.8, 4) is 5.75 Å². The lowest BCUT2D eigenvalue weighted by atomic mass is 9.76. The summed E-state index contributed by atoms with van der Waals surface area (Å²) in [5, 5.41) is 6.68. The summed E-state index contributed by atoms with van der Waals surface area (Å²) in [6.07, 6.45) is 0. The van der Waals surface area contributed by atoms with Gasteiger partial charge in [0.15, 0.2) is 0 Å². The second kappa shape index (κ2) is 6.80. The Morgan fingerprint density at radius 2 is 1.84 bits per heavy atom. The van der Waals surface area contributed by atoms with E-state index in [0.717, 1.165) is 4.90 Å². The zero-order valence-corrected chi connectivity index (χ0v) is 18.1. The van der Waals surface area contributed by atoms with Crippen molar-refractivity contribution in [3.05, 3.63) is 53.1 Å². The maximum Gasteiger partial charge on any atom is 0.250 e. The van der Waals surface area contributed by atoms with Crippen molar-refractivity contribution in [2.45, 2.75) is 25.4 Å². The molecule has 0 bridgehead atoms. The largest absolute Gasteiger partial charge is 0.495 e. The first-order valence-corrected chi connectivity index (χ1v) is 10.6. The first kappa shape index (κ1) is 20.0. The van der Waals surface area contributed by atoms with E-state index in [9.17, 15) is 14.4 Å². The Bertz CT molecular complexity index is 1130. The van der Waals surface area contributed by atoms with Crippen molar-refractivity contribution in [3.63, 3.8) is 0 Å². The number of amides is 3. The highest BCUT2D eigenvalue weighted by molar-refractivity contribution is 6.32. The molecule has 31 heavy (non-hydrogen) atoms. The predicted molar refractivity (Wildman–Crippen MR) is 116 cm³/mol. The van der Waals surface area contributed by atoms with Gasteiger partial charge in [0.25, 0.3) is 0 Å². The van der Waals surface area contributed by atoms with Crippen molar-refractivity contribution < 1.29 is 19.1 Å². The SMILES string of the molecule is COc1ccc(Cl)cc1N1C(=O)[C@H]2[C@@H](C1=O)[C@]1(N[C@H]2C(C)C)C(=O)Nc2ccccc21. The molecule has 3 aliphatic rings. The Labute approximate surface area is 184 Å². The quantitative estimate of drug-likeness (QED) is 0.718. The van der Waals surface area contributed by atoms with Gasteiger partial charge in [0.2, 0.25) is 17.7 Å². The highest BCUT2D eigenvalue weighted by Gasteiger charge is 2.71. The van der Waals surface area contributed by atoms with Crippen LogP contribution in [0.15, 0.2) is 42.5 Å². The Morgan fingerprint density at radius 3 is 2.55 bits per heavy atom. The summed E-state index contributed by atoms with van der Waals surface area (Å²) >= 11 is 6.18. The van der Waals surface area contributed by atoms with Crippen LogP contribution in [0.4, 0.5) is 11.4 Å². The molecular formula is C23H22ClN3O4. The Kier molecular flexibility index (Phi) is 4.39. The van der Waals surface area contributed by atoms with Crippen molar-refractivity contribution in [2.24, 2.45) is 17.8 Å². The maximum absolute atomic E-state index is 13.8. The van der Waals surface area contributed by atoms with E-state index in [4.69, 9.17) is 16.3 Å². The number of nitrogens with zero attached hydrogens (tertiary/aromatic N) is 1. The minimum Gasteiger partial charge on any atom is -0.495 e. The van der Waals surface area contributed by atoms with Gasteiger partial charge in [-0.2, -0.15) is 0 Å². The molecule has 3 aliphatic heterocycles. The van der Waals surface area contributed by atoms with Crippen LogP contribution >= 0.6 is 11.6 Å². The maximum atomic E-state index is 13.8. The molecule has 2 saturated heterocycles. The van der Waals surface area contributed by atoms with Gasteiger partial charge in [-0.3, -0.25) is 19.7 Å². The fraction of sp³-hybridized carbons (Fsp3) is 0.348. The number of para-hydroxylation sites is 1. The number of imide groups is 1. The minimum atomic E-state index is -1.30. The zero-order valence-electron chi connectivity index (χ0n) is 17.3. The topological polar surface area (TPSA) is 87.7 Å². The normalized spacial score (nSPS) is 29.0. The summed E-state index contributed by atoms with van der Waals surface area (Å²) in [6.45, 7) is 3.96. The van der Waals surface area contributed by atoms with Crippen LogP contribution in [0.5, 0.6) is 5.75 Å².